The third-order valence-electron chi connectivity index (χ3n) is 5.33. The fourth-order valence-corrected chi connectivity index (χ4v) is 3.56. The fraction of sp³-hybridized carbons (Fsp3) is 0.320. The maximum absolute atomic E-state index is 11.0. The first-order valence-corrected chi connectivity index (χ1v) is 10.9. The van der Waals surface area contributed by atoms with Crippen LogP contribution in [0.4, 0.5) is 0 Å². The van der Waals surface area contributed by atoms with E-state index >= 15 is 0 Å². The topological polar surface area (TPSA) is 110 Å². The average Bonchev–Trinajstić information content (AvgIpc) is 2.84. The molecule has 8 heteroatoms. The number of carbonyl (C=O) groups is 1. The molecular formula is C25H25N5O3. The Morgan fingerprint density at radius 1 is 1.21 bits per heavy atom. The van der Waals surface area contributed by atoms with Gasteiger partial charge in [0.15, 0.2) is 0 Å². The van der Waals surface area contributed by atoms with E-state index in [4.69, 9.17) is 9.47 Å². The molecule has 0 saturated carbocycles. The predicted octanol–water partition coefficient (Wildman–Crippen LogP) is 3.19. The van der Waals surface area contributed by atoms with Crippen LogP contribution in [-0.2, 0) is 22.5 Å². The van der Waals surface area contributed by atoms with E-state index in [0.29, 0.717) is 43.3 Å². The van der Waals surface area contributed by atoms with Gasteiger partial charge in [-0.15, -0.1) is 0 Å². The minimum atomic E-state index is -0.0890. The molecule has 3 aromatic rings. The first kappa shape index (κ1) is 22.4. The second-order valence-corrected chi connectivity index (χ2v) is 7.85. The highest BCUT2D eigenvalue weighted by Gasteiger charge is 2.17. The number of nitrogens with zero attached hydrogens (tertiary/aromatic N) is 4. The molecule has 1 saturated heterocycles. The third-order valence-corrected chi connectivity index (χ3v) is 5.33. The maximum Gasteiger partial charge on any atom is 0.217 e. The summed E-state index contributed by atoms with van der Waals surface area (Å²) in [5.74, 6) is 1.16. The van der Waals surface area contributed by atoms with Crippen LogP contribution in [0.2, 0.25) is 0 Å². The largest absolute Gasteiger partial charge is 0.489 e. The van der Waals surface area contributed by atoms with E-state index < -0.39 is 0 Å². The van der Waals surface area contributed by atoms with Gasteiger partial charge in [-0.25, -0.2) is 9.97 Å². The summed E-state index contributed by atoms with van der Waals surface area (Å²) in [6, 6.07) is 13.5. The van der Waals surface area contributed by atoms with Crippen molar-refractivity contribution in [2.24, 2.45) is 0 Å². The second-order valence-electron chi connectivity index (χ2n) is 7.85. The van der Waals surface area contributed by atoms with Gasteiger partial charge < -0.3 is 14.8 Å². The lowest BCUT2D eigenvalue weighted by Gasteiger charge is -2.23. The zero-order valence-corrected chi connectivity index (χ0v) is 18.5. The molecule has 1 aromatic carbocycles. The van der Waals surface area contributed by atoms with E-state index in [1.54, 1.807) is 18.5 Å². The van der Waals surface area contributed by atoms with E-state index in [9.17, 15) is 10.1 Å². The summed E-state index contributed by atoms with van der Waals surface area (Å²) in [5, 5.41) is 12.4. The second kappa shape index (κ2) is 10.7. The lowest BCUT2D eigenvalue weighted by molar-refractivity contribution is -0.119. The molecule has 1 fully saturated rings. The van der Waals surface area contributed by atoms with Gasteiger partial charge in [-0.3, -0.25) is 9.78 Å². The van der Waals surface area contributed by atoms with Gasteiger partial charge in [0.25, 0.3) is 0 Å². The van der Waals surface area contributed by atoms with Crippen molar-refractivity contribution < 1.29 is 14.3 Å². The highest BCUT2D eigenvalue weighted by atomic mass is 16.5. The lowest BCUT2D eigenvalue weighted by atomic mass is 10.1. The Morgan fingerprint density at radius 2 is 2.06 bits per heavy atom. The first-order valence-electron chi connectivity index (χ1n) is 10.9. The monoisotopic (exact) mass is 443 g/mol. The number of nitrogens with one attached hydrogen (secondary N) is 1. The summed E-state index contributed by atoms with van der Waals surface area (Å²) in [5.41, 5.74) is 3.81. The molecule has 4 rings (SSSR count). The molecule has 0 aliphatic carbocycles. The number of nitriles is 1. The van der Waals surface area contributed by atoms with Crippen LogP contribution in [0.25, 0.3) is 11.3 Å². The molecular weight excluding hydrogens is 418 g/mol. The predicted molar refractivity (Wildman–Crippen MR) is 121 cm³/mol. The van der Waals surface area contributed by atoms with E-state index in [1.165, 1.54) is 6.92 Å². The van der Waals surface area contributed by atoms with Gasteiger partial charge >= 0.3 is 0 Å². The van der Waals surface area contributed by atoms with Crippen LogP contribution in [0, 0.1) is 11.3 Å². The van der Waals surface area contributed by atoms with E-state index in [1.807, 2.05) is 30.3 Å². The Hall–Kier alpha value is -3.83. The molecule has 1 aliphatic rings. The number of pyridine rings is 1. The molecule has 8 nitrogen and oxygen atoms in total. The summed E-state index contributed by atoms with van der Waals surface area (Å²) in [6.45, 7) is 3.24. The average molecular weight is 444 g/mol. The molecule has 3 heterocycles. The third kappa shape index (κ3) is 6.11. The number of hydrogen-bond acceptors (Lipinski definition) is 7. The van der Waals surface area contributed by atoms with Crippen molar-refractivity contribution >= 4 is 5.91 Å². The zero-order valence-electron chi connectivity index (χ0n) is 18.5. The molecule has 0 unspecified atom stereocenters. The standard InChI is InChI=1S/C25H25N5O3/c1-17(31)28-16-21-4-2-18(15-29-21)12-25-27-9-6-23(30-25)19-3-5-24(20(13-19)14-26)33-22-7-10-32-11-8-22/h2-6,9,13,15,22H,7-8,10-12,16H2,1H3,(H,28,31). The molecule has 2 aromatic heterocycles. The molecule has 0 atom stereocenters. The number of ether oxygens (including phenoxy) is 2. The number of aromatic nitrogens is 3. The molecule has 0 spiro atoms. The normalized spacial score (nSPS) is 13.8. The van der Waals surface area contributed by atoms with Crippen LogP contribution in [0.15, 0.2) is 48.8 Å². The number of amides is 1. The van der Waals surface area contributed by atoms with Gasteiger partial charge in [0, 0.05) is 44.1 Å². The van der Waals surface area contributed by atoms with Crippen LogP contribution in [-0.4, -0.2) is 40.2 Å². The van der Waals surface area contributed by atoms with Crippen LogP contribution < -0.4 is 10.1 Å². The number of hydrogen-bond donors (Lipinski definition) is 1. The van der Waals surface area contributed by atoms with Gasteiger partial charge in [-0.05, 0) is 35.9 Å². The van der Waals surface area contributed by atoms with Crippen LogP contribution in [0.5, 0.6) is 5.75 Å². The van der Waals surface area contributed by atoms with Gasteiger partial charge in [-0.1, -0.05) is 6.07 Å². The van der Waals surface area contributed by atoms with Crippen LogP contribution in [0.1, 0.15) is 42.4 Å². The zero-order chi connectivity index (χ0) is 23.0. The van der Waals surface area contributed by atoms with Crippen molar-refractivity contribution in [2.75, 3.05) is 13.2 Å². The molecule has 168 valence electrons. The summed E-state index contributed by atoms with van der Waals surface area (Å²) >= 11 is 0. The quantitative estimate of drug-likeness (QED) is 0.597. The Morgan fingerprint density at radius 3 is 2.79 bits per heavy atom. The van der Waals surface area contributed by atoms with E-state index in [2.05, 4.69) is 26.3 Å². The molecule has 33 heavy (non-hydrogen) atoms. The Balaban J connectivity index is 1.47. The Labute approximate surface area is 192 Å². The summed E-state index contributed by atoms with van der Waals surface area (Å²) in [7, 11) is 0. The maximum atomic E-state index is 11.0. The minimum Gasteiger partial charge on any atom is -0.489 e. The number of benzene rings is 1. The highest BCUT2D eigenvalue weighted by Crippen LogP contribution is 2.27. The first-order chi connectivity index (χ1) is 16.1. The van der Waals surface area contributed by atoms with Crippen molar-refractivity contribution in [3.8, 4) is 23.1 Å². The molecule has 1 amide bonds. The minimum absolute atomic E-state index is 0.0700. The van der Waals surface area contributed by atoms with Crippen LogP contribution >= 0.6 is 0 Å². The summed E-state index contributed by atoms with van der Waals surface area (Å²) < 4.78 is 11.4. The number of rotatable bonds is 7. The van der Waals surface area contributed by atoms with Gasteiger partial charge in [0.1, 0.15) is 23.7 Å². The van der Waals surface area contributed by atoms with Gasteiger partial charge in [0.05, 0.1) is 36.7 Å². The lowest BCUT2D eigenvalue weighted by Crippen LogP contribution is -2.26. The summed E-state index contributed by atoms with van der Waals surface area (Å²) in [6.07, 6.45) is 5.73. The van der Waals surface area contributed by atoms with Gasteiger partial charge in [0.2, 0.25) is 5.91 Å². The number of carbonyl (C=O) groups excluding carboxylic acids is 1. The van der Waals surface area contributed by atoms with E-state index in [0.717, 1.165) is 35.4 Å². The molecule has 0 bridgehead atoms. The smallest absolute Gasteiger partial charge is 0.217 e. The SMILES string of the molecule is CC(=O)NCc1ccc(Cc2nccc(-c3ccc(OC4CCOCC4)c(C#N)c3)n2)cn1. The van der Waals surface area contributed by atoms with Crippen molar-refractivity contribution in [3.05, 3.63) is 71.4 Å². The molecule has 1 N–H and O–H groups in total. The Bertz CT molecular complexity index is 1150. The molecule has 0 radical (unpaired) electrons. The van der Waals surface area contributed by atoms with Crippen molar-refractivity contribution in [2.45, 2.75) is 38.8 Å². The fourth-order valence-electron chi connectivity index (χ4n) is 3.56. The van der Waals surface area contributed by atoms with E-state index in [-0.39, 0.29) is 12.0 Å². The van der Waals surface area contributed by atoms with Crippen molar-refractivity contribution in [1.29, 1.82) is 5.26 Å². The highest BCUT2D eigenvalue weighted by molar-refractivity contribution is 5.72. The summed E-state index contributed by atoms with van der Waals surface area (Å²) in [4.78, 5) is 24.5. The van der Waals surface area contributed by atoms with Crippen molar-refractivity contribution in [1.82, 2.24) is 20.3 Å². The molecule has 1 aliphatic heterocycles. The van der Waals surface area contributed by atoms with Crippen LogP contribution in [0.3, 0.4) is 0 Å². The van der Waals surface area contributed by atoms with Gasteiger partial charge in [-0.2, -0.15) is 5.26 Å². The Kier molecular flexibility index (Phi) is 7.22. The van der Waals surface area contributed by atoms with Crippen molar-refractivity contribution in [3.63, 3.8) is 0 Å².